The monoisotopic (exact) mass is 492 g/mol. The van der Waals surface area contributed by atoms with E-state index in [0.29, 0.717) is 31.6 Å². The Bertz CT molecular complexity index is 998. The van der Waals surface area contributed by atoms with Crippen LogP contribution in [0.15, 0.2) is 29.5 Å². The number of rotatable bonds is 7. The van der Waals surface area contributed by atoms with Gasteiger partial charge in [0.2, 0.25) is 0 Å². The van der Waals surface area contributed by atoms with Crippen molar-refractivity contribution in [1.82, 2.24) is 10.2 Å². The minimum Gasteiger partial charge on any atom is -0.466 e. The van der Waals surface area contributed by atoms with Gasteiger partial charge in [0, 0.05) is 25.7 Å². The van der Waals surface area contributed by atoms with Crippen LogP contribution in [0.2, 0.25) is 0 Å². The molecule has 11 heteroatoms. The summed E-state index contributed by atoms with van der Waals surface area (Å²) in [6, 6.07) is 4.50. The van der Waals surface area contributed by atoms with E-state index in [1.807, 2.05) is 4.90 Å². The smallest absolute Gasteiger partial charge is 0.407 e. The van der Waals surface area contributed by atoms with Gasteiger partial charge in [-0.1, -0.05) is 6.07 Å². The largest absolute Gasteiger partial charge is 0.466 e. The molecule has 3 rings (SSSR count). The highest BCUT2D eigenvalue weighted by Gasteiger charge is 2.35. The highest BCUT2D eigenvalue weighted by atomic mass is 19.1. The number of para-hydroxylation sites is 1. The van der Waals surface area contributed by atoms with Crippen LogP contribution in [0.1, 0.15) is 33.6 Å². The van der Waals surface area contributed by atoms with Crippen LogP contribution in [-0.2, 0) is 19.1 Å². The Hall–Kier alpha value is -3.34. The van der Waals surface area contributed by atoms with Crippen LogP contribution in [0.3, 0.4) is 0 Å². The summed E-state index contributed by atoms with van der Waals surface area (Å²) in [5.74, 6) is -1.80. The van der Waals surface area contributed by atoms with Gasteiger partial charge in [-0.2, -0.15) is 0 Å². The number of amides is 2. The summed E-state index contributed by atoms with van der Waals surface area (Å²) in [5.41, 5.74) is 0.0146. The number of benzene rings is 1. The Labute approximate surface area is 204 Å². The molecule has 2 aliphatic rings. The van der Waals surface area contributed by atoms with E-state index in [0.717, 1.165) is 0 Å². The molecule has 0 atom stereocenters. The predicted molar refractivity (Wildman–Crippen MR) is 127 cm³/mol. The molecule has 0 saturated carbocycles. The number of aliphatic hydroxyl groups is 1. The molecule has 0 spiro atoms. The van der Waals surface area contributed by atoms with Crippen molar-refractivity contribution >= 4 is 29.3 Å². The summed E-state index contributed by atoms with van der Waals surface area (Å²) < 4.78 is 25.1. The molecule has 3 N–H and O–H groups in total. The van der Waals surface area contributed by atoms with Crippen LogP contribution in [0, 0.1) is 5.82 Å². The van der Waals surface area contributed by atoms with E-state index in [1.54, 1.807) is 32.9 Å². The molecule has 2 heterocycles. The summed E-state index contributed by atoms with van der Waals surface area (Å²) in [6.45, 7) is 6.18. The van der Waals surface area contributed by atoms with E-state index in [1.165, 1.54) is 18.1 Å². The number of hydrogen-bond donors (Lipinski definition) is 3. The molecule has 2 aliphatic heterocycles. The molecule has 35 heavy (non-hydrogen) atoms. The van der Waals surface area contributed by atoms with E-state index < -0.39 is 29.4 Å². The second-order valence-corrected chi connectivity index (χ2v) is 9.46. The van der Waals surface area contributed by atoms with Crippen molar-refractivity contribution in [1.29, 1.82) is 0 Å². The van der Waals surface area contributed by atoms with Crippen LogP contribution in [0.5, 0.6) is 0 Å². The fourth-order valence-corrected chi connectivity index (χ4v) is 4.11. The fraction of sp³-hybridized carbons (Fsp3) is 0.542. The Morgan fingerprint density at radius 3 is 2.51 bits per heavy atom. The molecular formula is C24H33FN4O6. The van der Waals surface area contributed by atoms with Crippen LogP contribution >= 0.6 is 0 Å². The summed E-state index contributed by atoms with van der Waals surface area (Å²) >= 11 is 0. The summed E-state index contributed by atoms with van der Waals surface area (Å²) in [5, 5.41) is 15.0. The molecule has 0 bridgehead atoms. The molecule has 1 saturated heterocycles. The van der Waals surface area contributed by atoms with Crippen molar-refractivity contribution in [3.63, 3.8) is 0 Å². The fourth-order valence-electron chi connectivity index (χ4n) is 4.11. The summed E-state index contributed by atoms with van der Waals surface area (Å²) in [4.78, 5) is 40.5. The number of methoxy groups -OCH3 is 1. The normalized spacial score (nSPS) is 17.0. The number of esters is 1. The molecule has 10 nitrogen and oxygen atoms in total. The molecule has 1 aromatic carbocycles. The van der Waals surface area contributed by atoms with Gasteiger partial charge in [-0.25, -0.2) is 14.0 Å². The van der Waals surface area contributed by atoms with E-state index in [-0.39, 0.29) is 42.7 Å². The number of carbonyl (C=O) groups excluding carboxylic acids is 3. The highest BCUT2D eigenvalue weighted by Crippen LogP contribution is 2.34. The van der Waals surface area contributed by atoms with Crippen molar-refractivity contribution in [2.24, 2.45) is 0 Å². The standard InChI is InChI=1S/C24H33FN4O6/c1-24(2,3)35-23(33)26-15-8-10-28(11-9-15)18-7-5-6-17(25)20(18)27-19-16(22(32)34-4)14-29(12-13-30)21(19)31/h5-7,15,27,30H,8-14H2,1-4H3,(H,26,33). The van der Waals surface area contributed by atoms with Crippen molar-refractivity contribution in [3.05, 3.63) is 35.3 Å². The maximum atomic E-state index is 15.0. The molecule has 0 aromatic heterocycles. The molecule has 0 aliphatic carbocycles. The number of aliphatic hydroxyl groups excluding tert-OH is 1. The molecule has 1 fully saturated rings. The van der Waals surface area contributed by atoms with Gasteiger partial charge in [0.25, 0.3) is 5.91 Å². The van der Waals surface area contributed by atoms with Gasteiger partial charge in [-0.05, 0) is 45.7 Å². The number of nitrogens with one attached hydrogen (secondary N) is 2. The van der Waals surface area contributed by atoms with Gasteiger partial charge >= 0.3 is 12.1 Å². The zero-order chi connectivity index (χ0) is 25.8. The zero-order valence-electron chi connectivity index (χ0n) is 20.5. The number of piperidine rings is 1. The lowest BCUT2D eigenvalue weighted by Gasteiger charge is -2.35. The third-order valence-corrected chi connectivity index (χ3v) is 5.75. The van der Waals surface area contributed by atoms with E-state index >= 15 is 0 Å². The summed E-state index contributed by atoms with van der Waals surface area (Å²) in [6.07, 6.45) is 0.766. The maximum Gasteiger partial charge on any atom is 0.407 e. The van der Waals surface area contributed by atoms with Gasteiger partial charge in [0.15, 0.2) is 0 Å². The second kappa shape index (κ2) is 10.9. The van der Waals surface area contributed by atoms with Gasteiger partial charge < -0.3 is 35.0 Å². The number of ether oxygens (including phenoxy) is 2. The Balaban J connectivity index is 1.77. The Morgan fingerprint density at radius 2 is 1.91 bits per heavy atom. The molecular weight excluding hydrogens is 459 g/mol. The van der Waals surface area contributed by atoms with Crippen molar-refractivity contribution in [2.45, 2.75) is 45.3 Å². The lowest BCUT2D eigenvalue weighted by atomic mass is 10.0. The number of alkyl carbamates (subject to hydrolysis) is 1. The average Bonchev–Trinajstić information content (AvgIpc) is 3.09. The first-order valence-electron chi connectivity index (χ1n) is 11.6. The first kappa shape index (κ1) is 26.3. The molecule has 1 aromatic rings. The first-order chi connectivity index (χ1) is 16.5. The van der Waals surface area contributed by atoms with Gasteiger partial charge in [-0.15, -0.1) is 0 Å². The van der Waals surface area contributed by atoms with Crippen LogP contribution in [0.25, 0.3) is 0 Å². The number of hydrogen-bond acceptors (Lipinski definition) is 8. The van der Waals surface area contributed by atoms with Crippen molar-refractivity contribution in [2.75, 3.05) is 50.1 Å². The topological polar surface area (TPSA) is 120 Å². The SMILES string of the molecule is COC(=O)C1=C(Nc2c(F)cccc2N2CCC(NC(=O)OC(C)(C)C)CC2)C(=O)N(CCO)C1. The van der Waals surface area contributed by atoms with E-state index in [4.69, 9.17) is 9.47 Å². The van der Waals surface area contributed by atoms with Gasteiger partial charge in [-0.3, -0.25) is 4.79 Å². The third kappa shape index (κ3) is 6.41. The Kier molecular flexibility index (Phi) is 8.21. The van der Waals surface area contributed by atoms with Gasteiger partial charge in [0.05, 0.1) is 37.2 Å². The maximum absolute atomic E-state index is 15.0. The van der Waals surface area contributed by atoms with Gasteiger partial charge in [0.1, 0.15) is 17.1 Å². The minimum absolute atomic E-state index is 0.0345. The molecule has 0 radical (unpaired) electrons. The average molecular weight is 493 g/mol. The van der Waals surface area contributed by atoms with E-state index in [2.05, 4.69) is 10.6 Å². The van der Waals surface area contributed by atoms with Crippen molar-refractivity contribution < 1.29 is 33.4 Å². The third-order valence-electron chi connectivity index (χ3n) is 5.75. The first-order valence-corrected chi connectivity index (χ1v) is 11.6. The number of β-amino-alcohol motifs (C(OH)–C–C–N with tert-alkyl or cyclic N) is 1. The zero-order valence-corrected chi connectivity index (χ0v) is 20.5. The van der Waals surface area contributed by atoms with Crippen LogP contribution in [-0.4, -0.2) is 79.5 Å². The molecule has 2 amide bonds. The number of anilines is 2. The lowest BCUT2D eigenvalue weighted by molar-refractivity contribution is -0.136. The number of carbonyl (C=O) groups is 3. The van der Waals surface area contributed by atoms with Crippen molar-refractivity contribution in [3.8, 4) is 0 Å². The highest BCUT2D eigenvalue weighted by molar-refractivity contribution is 6.09. The number of halogens is 1. The summed E-state index contributed by atoms with van der Waals surface area (Å²) in [7, 11) is 1.20. The predicted octanol–water partition coefficient (Wildman–Crippen LogP) is 1.99. The van der Waals surface area contributed by atoms with Crippen LogP contribution in [0.4, 0.5) is 20.6 Å². The van der Waals surface area contributed by atoms with E-state index in [9.17, 15) is 23.9 Å². The molecule has 0 unspecified atom stereocenters. The number of nitrogens with zero attached hydrogens (tertiary/aromatic N) is 2. The minimum atomic E-state index is -0.701. The Morgan fingerprint density at radius 1 is 1.23 bits per heavy atom. The van der Waals surface area contributed by atoms with Crippen LogP contribution < -0.4 is 15.5 Å². The quantitative estimate of drug-likeness (QED) is 0.495. The second-order valence-electron chi connectivity index (χ2n) is 9.46. The molecule has 192 valence electrons. The lowest BCUT2D eigenvalue weighted by Crippen LogP contribution is -2.46.